The number of aryl methyl sites for hydroxylation is 1. The summed E-state index contributed by atoms with van der Waals surface area (Å²) in [6.45, 7) is 2.49. The standard InChI is InChI=1S/C36H34F4N6O3/c1-6-23-25(37)10-7-19-11-22(47)12-24(26(19)23)27-29(38)30-28(32-31(27)41-18(2)49-32)33(46-13-20-8-9-21(14-46)45(20)5)43-34(42-30)48-17-35(16-44(3)4)15-36(35,39)40/h1,7,10-12,20-21,47H,8-9,13-17H2,2-5H3/t20-,21+,35-/m1/s1. The second kappa shape index (κ2) is 10.9. The zero-order valence-electron chi connectivity index (χ0n) is 27.5. The number of phenols is 1. The summed E-state index contributed by atoms with van der Waals surface area (Å²) in [7, 11) is 5.52. The smallest absolute Gasteiger partial charge is 0.319 e. The molecule has 1 aliphatic carbocycles. The number of alkyl halides is 2. The molecule has 0 amide bonds. The topological polar surface area (TPSA) is 91.0 Å². The highest BCUT2D eigenvalue weighted by Gasteiger charge is 2.71. The van der Waals surface area contributed by atoms with E-state index in [0.717, 1.165) is 12.8 Å². The minimum atomic E-state index is -2.93. The normalized spacial score (nSPS) is 23.2. The quantitative estimate of drug-likeness (QED) is 0.162. The molecule has 254 valence electrons. The second-order valence-electron chi connectivity index (χ2n) is 14.0. The molecule has 0 radical (unpaired) electrons. The van der Waals surface area contributed by atoms with Gasteiger partial charge in [0, 0.05) is 50.4 Å². The fraction of sp³-hybridized carbons (Fsp3) is 0.417. The van der Waals surface area contributed by atoms with Crippen molar-refractivity contribution in [3.63, 3.8) is 0 Å². The number of benzene rings is 3. The largest absolute Gasteiger partial charge is 0.508 e. The molecule has 2 aliphatic heterocycles. The third kappa shape index (κ3) is 4.87. The molecule has 2 saturated heterocycles. The molecular weight excluding hydrogens is 640 g/mol. The number of terminal acetylenes is 1. The van der Waals surface area contributed by atoms with Crippen molar-refractivity contribution in [3.8, 4) is 35.2 Å². The SMILES string of the molecule is C#Cc1c(F)ccc2cc(O)cc(-c3c(F)c4nc(OC[C@]5(CN(C)C)CC5(F)F)nc(N5C[C@H]6CC[C@@H](C5)N6C)c4c4oc(C)nc34)c12. The van der Waals surface area contributed by atoms with Gasteiger partial charge in [0.15, 0.2) is 17.3 Å². The first kappa shape index (κ1) is 31.6. The third-order valence-electron chi connectivity index (χ3n) is 10.4. The number of aromatic hydroxyl groups is 1. The maximum Gasteiger partial charge on any atom is 0.319 e. The fourth-order valence-corrected chi connectivity index (χ4v) is 7.94. The number of fused-ring (bicyclic) bond motifs is 6. The van der Waals surface area contributed by atoms with Gasteiger partial charge >= 0.3 is 6.01 Å². The molecule has 1 N–H and O–H groups in total. The van der Waals surface area contributed by atoms with E-state index < -0.39 is 23.0 Å². The van der Waals surface area contributed by atoms with E-state index in [9.17, 15) is 13.9 Å². The summed E-state index contributed by atoms with van der Waals surface area (Å²) in [4.78, 5) is 19.9. The highest BCUT2D eigenvalue weighted by molar-refractivity contribution is 6.16. The first-order valence-electron chi connectivity index (χ1n) is 16.2. The van der Waals surface area contributed by atoms with Crippen molar-refractivity contribution in [2.45, 2.75) is 44.2 Å². The monoisotopic (exact) mass is 674 g/mol. The highest BCUT2D eigenvalue weighted by Crippen LogP contribution is 2.60. The van der Waals surface area contributed by atoms with Crippen molar-refractivity contribution >= 4 is 38.6 Å². The lowest BCUT2D eigenvalue weighted by Gasteiger charge is -2.39. The van der Waals surface area contributed by atoms with E-state index in [1.165, 1.54) is 24.3 Å². The van der Waals surface area contributed by atoms with Crippen molar-refractivity contribution in [2.24, 2.45) is 5.41 Å². The molecule has 0 spiro atoms. The van der Waals surface area contributed by atoms with Crippen LogP contribution in [0.2, 0.25) is 0 Å². The number of ether oxygens (including phenoxy) is 1. The van der Waals surface area contributed by atoms with Crippen LogP contribution >= 0.6 is 0 Å². The van der Waals surface area contributed by atoms with Crippen LogP contribution in [0.3, 0.4) is 0 Å². The molecule has 2 aromatic heterocycles. The van der Waals surface area contributed by atoms with Gasteiger partial charge in [0.05, 0.1) is 21.9 Å². The summed E-state index contributed by atoms with van der Waals surface area (Å²) in [6.07, 6.45) is 7.37. The van der Waals surface area contributed by atoms with Crippen molar-refractivity contribution in [1.82, 2.24) is 24.8 Å². The maximum atomic E-state index is 17.4. The summed E-state index contributed by atoms with van der Waals surface area (Å²) in [5.74, 6) is -1.75. The van der Waals surface area contributed by atoms with E-state index in [1.54, 1.807) is 25.9 Å². The van der Waals surface area contributed by atoms with Crippen LogP contribution in [0.25, 0.3) is 43.9 Å². The summed E-state index contributed by atoms with van der Waals surface area (Å²) >= 11 is 0. The van der Waals surface area contributed by atoms with Gasteiger partial charge in [0.2, 0.25) is 0 Å². The van der Waals surface area contributed by atoms with Crippen LogP contribution in [0.1, 0.15) is 30.7 Å². The molecule has 5 aromatic rings. The van der Waals surface area contributed by atoms with Crippen molar-refractivity contribution in [1.29, 1.82) is 0 Å². The van der Waals surface area contributed by atoms with Crippen LogP contribution in [0.4, 0.5) is 23.4 Å². The Hall–Kier alpha value is -4.67. The number of halogens is 4. The summed E-state index contributed by atoms with van der Waals surface area (Å²) < 4.78 is 74.0. The third-order valence-corrected chi connectivity index (χ3v) is 10.4. The molecule has 0 unspecified atom stereocenters. The Morgan fingerprint density at radius 3 is 2.45 bits per heavy atom. The van der Waals surface area contributed by atoms with E-state index in [0.29, 0.717) is 24.3 Å². The average Bonchev–Trinajstić information content (AvgIpc) is 3.24. The Balaban J connectivity index is 1.39. The second-order valence-corrected chi connectivity index (χ2v) is 14.0. The van der Waals surface area contributed by atoms with Crippen LogP contribution in [-0.2, 0) is 0 Å². The van der Waals surface area contributed by atoms with Crippen LogP contribution < -0.4 is 9.64 Å². The zero-order chi connectivity index (χ0) is 34.6. The van der Waals surface area contributed by atoms with Gasteiger partial charge in [-0.2, -0.15) is 9.97 Å². The lowest BCUT2D eigenvalue weighted by atomic mass is 9.92. The van der Waals surface area contributed by atoms with E-state index >= 15 is 8.78 Å². The number of nitrogens with zero attached hydrogens (tertiary/aromatic N) is 6. The highest BCUT2D eigenvalue weighted by atomic mass is 19.3. The number of likely N-dealkylation sites (N-methyl/N-ethyl adjacent to an activating group) is 1. The number of phenolic OH excluding ortho intramolecular Hbond substituents is 1. The minimum absolute atomic E-state index is 0.0807. The first-order chi connectivity index (χ1) is 23.3. The van der Waals surface area contributed by atoms with Crippen molar-refractivity contribution in [2.75, 3.05) is 52.3 Å². The molecule has 8 rings (SSSR count). The van der Waals surface area contributed by atoms with Gasteiger partial charge in [-0.15, -0.1) is 6.42 Å². The lowest BCUT2D eigenvalue weighted by Crippen LogP contribution is -2.52. The molecule has 2 bridgehead atoms. The van der Waals surface area contributed by atoms with Gasteiger partial charge in [-0.1, -0.05) is 12.0 Å². The van der Waals surface area contributed by atoms with Gasteiger partial charge in [-0.25, -0.2) is 22.5 Å². The molecule has 49 heavy (non-hydrogen) atoms. The molecular formula is C36H34F4N6O3. The van der Waals surface area contributed by atoms with E-state index in [4.69, 9.17) is 20.6 Å². The van der Waals surface area contributed by atoms with Crippen LogP contribution in [0.5, 0.6) is 11.8 Å². The van der Waals surface area contributed by atoms with Crippen LogP contribution in [0.15, 0.2) is 28.7 Å². The predicted octanol–water partition coefficient (Wildman–Crippen LogP) is 6.11. The number of aromatic nitrogens is 3. The molecule has 13 heteroatoms. The molecule has 1 saturated carbocycles. The number of hydrogen-bond acceptors (Lipinski definition) is 9. The Bertz CT molecular complexity index is 2220. The lowest BCUT2D eigenvalue weighted by molar-refractivity contribution is 0.0288. The van der Waals surface area contributed by atoms with E-state index in [-0.39, 0.29) is 93.4 Å². The van der Waals surface area contributed by atoms with Gasteiger partial charge in [0.1, 0.15) is 35.0 Å². The number of hydrogen-bond donors (Lipinski definition) is 1. The van der Waals surface area contributed by atoms with Gasteiger partial charge in [0.25, 0.3) is 5.92 Å². The number of anilines is 1. The first-order valence-corrected chi connectivity index (χ1v) is 16.2. The average molecular weight is 675 g/mol. The number of rotatable bonds is 7. The molecule has 3 atom stereocenters. The predicted molar refractivity (Wildman–Crippen MR) is 177 cm³/mol. The Morgan fingerprint density at radius 2 is 1.80 bits per heavy atom. The minimum Gasteiger partial charge on any atom is -0.508 e. The Labute approximate surface area is 279 Å². The molecule has 3 fully saturated rings. The number of oxazole rings is 1. The van der Waals surface area contributed by atoms with Gasteiger partial charge < -0.3 is 24.1 Å². The van der Waals surface area contributed by atoms with Gasteiger partial charge in [-0.05, 0) is 63.1 Å². The van der Waals surface area contributed by atoms with Crippen LogP contribution in [0, 0.1) is 36.3 Å². The number of piperazine rings is 1. The molecule has 9 nitrogen and oxygen atoms in total. The molecule has 3 aromatic carbocycles. The van der Waals surface area contributed by atoms with Crippen molar-refractivity contribution in [3.05, 3.63) is 47.4 Å². The molecule has 4 heterocycles. The molecule has 3 aliphatic rings. The fourth-order valence-electron chi connectivity index (χ4n) is 7.94. The summed E-state index contributed by atoms with van der Waals surface area (Å²) in [5, 5.41) is 11.6. The van der Waals surface area contributed by atoms with E-state index in [1.807, 2.05) is 4.90 Å². The van der Waals surface area contributed by atoms with Crippen molar-refractivity contribution < 1.29 is 31.8 Å². The van der Waals surface area contributed by atoms with Gasteiger partial charge in [-0.3, -0.25) is 4.90 Å². The van der Waals surface area contributed by atoms with E-state index in [2.05, 4.69) is 27.8 Å². The Kier molecular flexibility index (Phi) is 7.04. The zero-order valence-corrected chi connectivity index (χ0v) is 27.5. The maximum absolute atomic E-state index is 17.4. The Morgan fingerprint density at radius 1 is 1.08 bits per heavy atom. The summed E-state index contributed by atoms with van der Waals surface area (Å²) in [6, 6.07) is 5.55. The summed E-state index contributed by atoms with van der Waals surface area (Å²) in [5.41, 5.74) is -1.48. The van der Waals surface area contributed by atoms with Crippen LogP contribution in [-0.4, -0.2) is 95.2 Å².